The van der Waals surface area contributed by atoms with Gasteiger partial charge in [0, 0.05) is 22.5 Å². The molecule has 2 rings (SSSR count). The molecule has 0 amide bonds. The Morgan fingerprint density at radius 2 is 2.29 bits per heavy atom. The zero-order chi connectivity index (χ0) is 15.2. The minimum Gasteiger partial charge on any atom is -0.496 e. The smallest absolute Gasteiger partial charge is 0.303 e. The molecule has 0 spiro atoms. The maximum Gasteiger partial charge on any atom is 0.303 e. The van der Waals surface area contributed by atoms with Crippen LogP contribution in [0.25, 0.3) is 0 Å². The summed E-state index contributed by atoms with van der Waals surface area (Å²) in [5, 5.41) is 8.70. The number of carboxylic acid groups (broad SMARTS) is 1. The van der Waals surface area contributed by atoms with E-state index in [0.29, 0.717) is 6.04 Å². The fraction of sp³-hybridized carbons (Fsp3) is 0.562. The Morgan fingerprint density at radius 1 is 1.48 bits per heavy atom. The quantitative estimate of drug-likeness (QED) is 0.754. The lowest BCUT2D eigenvalue weighted by molar-refractivity contribution is -0.137. The first kappa shape index (κ1) is 16.3. The Morgan fingerprint density at radius 3 is 3.00 bits per heavy atom. The van der Waals surface area contributed by atoms with Crippen LogP contribution in [0.4, 0.5) is 0 Å². The second kappa shape index (κ2) is 7.80. The van der Waals surface area contributed by atoms with Crippen molar-refractivity contribution in [3.05, 3.63) is 28.2 Å². The van der Waals surface area contributed by atoms with Crippen LogP contribution < -0.4 is 4.74 Å². The maximum atomic E-state index is 10.6. The van der Waals surface area contributed by atoms with E-state index >= 15 is 0 Å². The van der Waals surface area contributed by atoms with E-state index in [1.165, 1.54) is 12.0 Å². The molecule has 116 valence electrons. The normalized spacial score (nSPS) is 18.9. The van der Waals surface area contributed by atoms with Crippen LogP contribution in [0, 0.1) is 0 Å². The van der Waals surface area contributed by atoms with Crippen molar-refractivity contribution < 1.29 is 14.6 Å². The highest BCUT2D eigenvalue weighted by atomic mass is 79.9. The van der Waals surface area contributed by atoms with Gasteiger partial charge >= 0.3 is 5.97 Å². The molecule has 4 nitrogen and oxygen atoms in total. The average molecular weight is 356 g/mol. The van der Waals surface area contributed by atoms with Crippen LogP contribution in [0.3, 0.4) is 0 Å². The second-order valence-corrected chi connectivity index (χ2v) is 6.35. The molecule has 0 bridgehead atoms. The number of ether oxygens (including phenoxy) is 1. The molecule has 1 aromatic carbocycles. The summed E-state index contributed by atoms with van der Waals surface area (Å²) in [6, 6.07) is 6.51. The summed E-state index contributed by atoms with van der Waals surface area (Å²) < 4.78 is 6.56. The summed E-state index contributed by atoms with van der Waals surface area (Å²) in [6.45, 7) is 2.03. The summed E-state index contributed by atoms with van der Waals surface area (Å²) in [7, 11) is 1.71. The first-order valence-electron chi connectivity index (χ1n) is 7.41. The maximum absolute atomic E-state index is 10.6. The van der Waals surface area contributed by atoms with E-state index in [4.69, 9.17) is 9.84 Å². The molecule has 21 heavy (non-hydrogen) atoms. The van der Waals surface area contributed by atoms with Gasteiger partial charge in [-0.3, -0.25) is 9.69 Å². The van der Waals surface area contributed by atoms with Gasteiger partial charge in [-0.2, -0.15) is 0 Å². The lowest BCUT2D eigenvalue weighted by Crippen LogP contribution is -2.25. The van der Waals surface area contributed by atoms with Gasteiger partial charge in [-0.15, -0.1) is 0 Å². The summed E-state index contributed by atoms with van der Waals surface area (Å²) in [5.74, 6) is 0.224. The van der Waals surface area contributed by atoms with E-state index in [9.17, 15) is 4.79 Å². The molecule has 1 saturated heterocycles. The number of nitrogens with zero attached hydrogens (tertiary/aromatic N) is 1. The van der Waals surface area contributed by atoms with Crippen molar-refractivity contribution >= 4 is 21.9 Å². The second-order valence-electron chi connectivity index (χ2n) is 5.43. The van der Waals surface area contributed by atoms with Gasteiger partial charge in [0.1, 0.15) is 5.75 Å². The highest BCUT2D eigenvalue weighted by Gasteiger charge is 2.27. The monoisotopic (exact) mass is 355 g/mol. The summed E-state index contributed by atoms with van der Waals surface area (Å²) in [6.07, 6.45) is 4.25. The first-order valence-corrected chi connectivity index (χ1v) is 8.20. The molecule has 1 atom stereocenters. The molecule has 5 heteroatoms. The van der Waals surface area contributed by atoms with Gasteiger partial charge in [0.25, 0.3) is 0 Å². The van der Waals surface area contributed by atoms with E-state index in [1.54, 1.807) is 7.11 Å². The zero-order valence-electron chi connectivity index (χ0n) is 12.3. The predicted molar refractivity (Wildman–Crippen MR) is 85.7 cm³/mol. The Bertz CT molecular complexity index is 492. The van der Waals surface area contributed by atoms with Gasteiger partial charge in [-0.25, -0.2) is 0 Å². The Hall–Kier alpha value is -1.07. The largest absolute Gasteiger partial charge is 0.496 e. The highest BCUT2D eigenvalue weighted by molar-refractivity contribution is 9.10. The minimum absolute atomic E-state index is 0.263. The molecular formula is C16H22BrNO3. The number of carbonyl (C=O) groups is 1. The molecule has 0 saturated carbocycles. The van der Waals surface area contributed by atoms with Crippen molar-refractivity contribution in [2.45, 2.75) is 38.1 Å². The number of likely N-dealkylation sites (tertiary alicyclic amines) is 1. The van der Waals surface area contributed by atoms with Crippen molar-refractivity contribution in [1.82, 2.24) is 4.90 Å². The predicted octanol–water partition coefficient (Wildman–Crippen LogP) is 3.85. The third kappa shape index (κ3) is 4.45. The molecule has 1 unspecified atom stereocenters. The molecule has 1 aliphatic heterocycles. The molecule has 0 aliphatic carbocycles. The minimum atomic E-state index is -0.707. The number of unbranched alkanes of at least 4 members (excludes halogenated alkanes) is 1. The zero-order valence-corrected chi connectivity index (χ0v) is 13.9. The molecule has 0 aromatic heterocycles. The van der Waals surface area contributed by atoms with Crippen molar-refractivity contribution in [2.24, 2.45) is 0 Å². The number of methoxy groups -OCH3 is 1. The number of rotatable bonds is 7. The molecule has 1 fully saturated rings. The Labute approximate surface area is 134 Å². The number of aliphatic carboxylic acids is 1. The number of hydrogen-bond donors (Lipinski definition) is 1. The van der Waals surface area contributed by atoms with Crippen molar-refractivity contribution in [3.63, 3.8) is 0 Å². The topological polar surface area (TPSA) is 49.8 Å². The van der Waals surface area contributed by atoms with Crippen LogP contribution in [0.15, 0.2) is 22.7 Å². The average Bonchev–Trinajstić information content (AvgIpc) is 2.91. The van der Waals surface area contributed by atoms with E-state index in [2.05, 4.69) is 26.9 Å². The van der Waals surface area contributed by atoms with E-state index in [1.807, 2.05) is 12.1 Å². The van der Waals surface area contributed by atoms with Gasteiger partial charge in [-0.1, -0.05) is 15.9 Å². The Balaban J connectivity index is 2.01. The van der Waals surface area contributed by atoms with E-state index in [-0.39, 0.29) is 6.42 Å². The van der Waals surface area contributed by atoms with Gasteiger partial charge in [0.05, 0.1) is 7.11 Å². The number of halogens is 1. The summed E-state index contributed by atoms with van der Waals surface area (Å²) >= 11 is 3.53. The van der Waals surface area contributed by atoms with E-state index < -0.39 is 5.97 Å². The fourth-order valence-corrected chi connectivity index (χ4v) is 3.38. The summed E-state index contributed by atoms with van der Waals surface area (Å²) in [4.78, 5) is 13.0. The lowest BCUT2D eigenvalue weighted by atomic mass is 10.0. The number of benzene rings is 1. The van der Waals surface area contributed by atoms with Gasteiger partial charge < -0.3 is 9.84 Å². The van der Waals surface area contributed by atoms with Crippen molar-refractivity contribution in [2.75, 3.05) is 20.2 Å². The number of carboxylic acids is 1. The van der Waals surface area contributed by atoms with Crippen LogP contribution in [0.2, 0.25) is 0 Å². The third-order valence-corrected chi connectivity index (χ3v) is 4.49. The fourth-order valence-electron chi connectivity index (χ4n) is 3.00. The van der Waals surface area contributed by atoms with E-state index in [0.717, 1.165) is 42.6 Å². The lowest BCUT2D eigenvalue weighted by Gasteiger charge is -2.26. The summed E-state index contributed by atoms with van der Waals surface area (Å²) in [5.41, 5.74) is 1.22. The van der Waals surface area contributed by atoms with Gasteiger partial charge in [-0.05, 0) is 57.0 Å². The Kier molecular flexibility index (Phi) is 6.06. The molecule has 1 aliphatic rings. The van der Waals surface area contributed by atoms with Crippen LogP contribution in [-0.4, -0.2) is 36.2 Å². The van der Waals surface area contributed by atoms with Crippen LogP contribution >= 0.6 is 15.9 Å². The molecule has 1 N–H and O–H groups in total. The number of hydrogen-bond acceptors (Lipinski definition) is 3. The third-order valence-electron chi connectivity index (χ3n) is 4.00. The van der Waals surface area contributed by atoms with Crippen molar-refractivity contribution in [1.29, 1.82) is 0 Å². The highest BCUT2D eigenvalue weighted by Crippen LogP contribution is 2.38. The van der Waals surface area contributed by atoms with Gasteiger partial charge in [0.2, 0.25) is 0 Å². The van der Waals surface area contributed by atoms with Crippen LogP contribution in [0.1, 0.15) is 43.7 Å². The van der Waals surface area contributed by atoms with Crippen molar-refractivity contribution in [3.8, 4) is 5.75 Å². The molecule has 0 radical (unpaired) electrons. The molecule has 1 heterocycles. The van der Waals surface area contributed by atoms with Crippen LogP contribution in [-0.2, 0) is 4.79 Å². The SMILES string of the molecule is COc1ccc(Br)cc1C1CCCN1CCCCC(=O)O. The standard InChI is InChI=1S/C16H22BrNO3/c1-21-15-8-7-12(17)11-13(15)14-5-4-10-18(14)9-3-2-6-16(19)20/h7-8,11,14H,2-6,9-10H2,1H3,(H,19,20). The molecular weight excluding hydrogens is 334 g/mol. The van der Waals surface area contributed by atoms with Crippen LogP contribution in [0.5, 0.6) is 5.75 Å². The molecule has 1 aromatic rings. The first-order chi connectivity index (χ1) is 10.1. The van der Waals surface area contributed by atoms with Gasteiger partial charge in [0.15, 0.2) is 0 Å².